The van der Waals surface area contributed by atoms with Crippen LogP contribution in [-0.4, -0.2) is 165 Å². The topological polar surface area (TPSA) is 491 Å². The second kappa shape index (κ2) is 55.3. The van der Waals surface area contributed by atoms with Crippen molar-refractivity contribution in [3.8, 4) is 45.9 Å². The number of carbonyl (C=O) groups is 2. The van der Waals surface area contributed by atoms with Crippen LogP contribution in [-0.2, 0) is 139 Å². The number of aromatic nitrogens is 4. The fourth-order valence-corrected chi connectivity index (χ4v) is 45.0. The number of rotatable bonds is 15. The van der Waals surface area contributed by atoms with Gasteiger partial charge in [0.2, 0.25) is 6.29 Å². The number of nitrogens with one attached hydrogen (secondary N) is 3. The molecule has 656 valence electrons. The molecule has 14 rings (SSSR count). The number of anilines is 4. The quantitative estimate of drug-likeness (QED) is 0.0121. The predicted octanol–water partition coefficient (Wildman–Crippen LogP) is 14.5. The molecule has 0 radical (unpaired) electrons. The number of non-ortho nitro benzene ring substituents is 5. The number of fused-ring (bicyclic) bond motifs is 10. The highest BCUT2D eigenvalue weighted by Gasteiger charge is 2.26. The van der Waals surface area contributed by atoms with Crippen molar-refractivity contribution in [1.82, 2.24) is 19.1 Å². The maximum absolute atomic E-state index is 10.9. The number of nitrogen functional groups attached to an aromatic ring is 1. The number of hydrogen-bond acceptors (Lipinski definition) is 33. The van der Waals surface area contributed by atoms with Gasteiger partial charge in [0, 0.05) is 147 Å². The van der Waals surface area contributed by atoms with E-state index in [4.69, 9.17) is 111 Å². The molecule has 0 unspecified atom stereocenters. The van der Waals surface area contributed by atoms with Gasteiger partial charge in [0.25, 0.3) is 34.3 Å². The zero-order valence-electron chi connectivity index (χ0n) is 62.0. The number of ether oxygens (including phenoxy) is 10. The first kappa shape index (κ1) is 105. The van der Waals surface area contributed by atoms with Crippen molar-refractivity contribution in [3.05, 3.63) is 196 Å². The van der Waals surface area contributed by atoms with E-state index in [1.165, 1.54) is 109 Å². The number of imidazole rings is 2. The van der Waals surface area contributed by atoms with Gasteiger partial charge in [0.15, 0.2) is 30.8 Å². The molecule has 6 aromatic carbocycles. The zero-order valence-corrected chi connectivity index (χ0v) is 75.3. The molecule has 0 atom stereocenters. The second-order valence-corrected chi connectivity index (χ2v) is 49.2. The van der Waals surface area contributed by atoms with E-state index >= 15 is 0 Å². The Labute approximate surface area is 742 Å². The average Bonchev–Trinajstić information content (AvgIpc) is 1.59. The SMILES string of the molecule is C.C.COC(CN)OC.COC(CN=C1COc2ccc([N+](=O)[O-])cc2N1)OC.CSC1=Nc2cc([N+](=O)[O-])ccc2OC1.Nc1ccc2c(c1)-n1ccnc1CO2.O=C1COc2ccc([N+](=O)[O-])cc2N1.O=CC(F)(F)F.O=[N+]([O-])c1ccc2c(c1)-n1ccnc1CO2.O=[N+]([O-])c1ccc2c(c1)NC(=S)CO2.S=PP(P=S)P=S=S=S=S=S=S=S=S. The summed E-state index contributed by atoms with van der Waals surface area (Å²) in [5, 5.41) is 62.0. The first-order chi connectivity index (χ1) is 57.5. The number of hydrogen-bond donors (Lipinski definition) is 5. The summed E-state index contributed by atoms with van der Waals surface area (Å²) in [4.78, 5) is 87.5. The van der Waals surface area contributed by atoms with Crippen molar-refractivity contribution in [2.24, 2.45) is 15.7 Å². The number of aliphatic imine (C=N–C) groups is 2. The number of amidine groups is 1. The number of thiocarbonyl (C=S) groups is 1. The van der Waals surface area contributed by atoms with Crippen molar-refractivity contribution < 1.29 is 94.7 Å². The fourth-order valence-electron chi connectivity index (χ4n) is 9.13. The maximum atomic E-state index is 10.9. The summed E-state index contributed by atoms with van der Waals surface area (Å²) in [5.41, 5.74) is 15.2. The third-order valence-corrected chi connectivity index (χ3v) is 49.1. The van der Waals surface area contributed by atoms with Crippen LogP contribution in [0.25, 0.3) is 11.4 Å². The number of nitro benzene ring substituents is 5. The van der Waals surface area contributed by atoms with Crippen LogP contribution >= 0.6 is 52.1 Å². The Morgan fingerprint density at radius 2 is 1.01 bits per heavy atom. The first-order valence-electron chi connectivity index (χ1n) is 32.5. The number of carbonyl (C=O) groups excluding carboxylic acids is 2. The van der Waals surface area contributed by atoms with E-state index < -0.39 is 43.4 Å². The number of benzene rings is 6. The number of methoxy groups -OCH3 is 4. The van der Waals surface area contributed by atoms with Gasteiger partial charge in [-0.2, -0.15) is 13.2 Å². The van der Waals surface area contributed by atoms with Crippen LogP contribution < -0.4 is 55.8 Å². The smallest absolute Gasteiger partial charge is 0.446 e. The van der Waals surface area contributed by atoms with E-state index in [9.17, 15) is 68.5 Å². The lowest BCUT2D eigenvalue weighted by atomic mass is 10.2. The Balaban J connectivity index is 0.000000292. The summed E-state index contributed by atoms with van der Waals surface area (Å²) in [7, 11) is 21.4. The molecule has 38 nitrogen and oxygen atoms in total. The Hall–Kier alpha value is -9.02. The van der Waals surface area contributed by atoms with Crippen molar-refractivity contribution >= 4 is 235 Å². The zero-order chi connectivity index (χ0) is 87.8. The second-order valence-electron chi connectivity index (χ2n) is 21.9. The Kier molecular flexibility index (Phi) is 47.7. The highest BCUT2D eigenvalue weighted by molar-refractivity contribution is 8.87. The fraction of sp³-hybridized carbons (Fsp3) is 0.277. The molecule has 122 heavy (non-hydrogen) atoms. The van der Waals surface area contributed by atoms with Gasteiger partial charge in [-0.25, -0.2) is 15.0 Å². The van der Waals surface area contributed by atoms with E-state index in [0.717, 1.165) is 47.9 Å². The van der Waals surface area contributed by atoms with Gasteiger partial charge >= 0.3 is 6.18 Å². The van der Waals surface area contributed by atoms with Crippen molar-refractivity contribution in [2.75, 3.05) is 95.9 Å². The normalized spacial score (nSPS) is 13.0. The molecule has 8 aromatic rings. The molecule has 0 aliphatic carbocycles. The van der Waals surface area contributed by atoms with Crippen LogP contribution in [0.15, 0.2) is 144 Å². The molecule has 7 N–H and O–H groups in total. The summed E-state index contributed by atoms with van der Waals surface area (Å²) in [5.74, 6) is 5.59. The lowest BCUT2D eigenvalue weighted by Crippen LogP contribution is -2.28. The van der Waals surface area contributed by atoms with E-state index in [1.807, 2.05) is 44.7 Å². The molecule has 8 heterocycles. The van der Waals surface area contributed by atoms with Crippen LogP contribution in [0.3, 0.4) is 0 Å². The molecule has 0 fully saturated rings. The minimum Gasteiger partial charge on any atom is -0.484 e. The summed E-state index contributed by atoms with van der Waals surface area (Å²) in [6, 6.07) is 27.3. The molecule has 6 aliphatic heterocycles. The van der Waals surface area contributed by atoms with Gasteiger partial charge in [-0.3, -0.25) is 74.3 Å². The Morgan fingerprint density at radius 1 is 0.590 bits per heavy atom. The third kappa shape index (κ3) is 35.0. The highest BCUT2D eigenvalue weighted by Crippen LogP contribution is 2.69. The molecular formula is C65H71F3N16O22P4S12. The van der Waals surface area contributed by atoms with E-state index in [2.05, 4.69) is 35.9 Å². The van der Waals surface area contributed by atoms with Crippen molar-refractivity contribution in [3.63, 3.8) is 0 Å². The van der Waals surface area contributed by atoms with Crippen molar-refractivity contribution in [1.29, 1.82) is 0 Å². The van der Waals surface area contributed by atoms with Gasteiger partial charge in [-0.05, 0) is 129 Å². The molecule has 0 spiro atoms. The van der Waals surface area contributed by atoms with E-state index in [1.54, 1.807) is 106 Å². The molecule has 2 aromatic heterocycles. The van der Waals surface area contributed by atoms with Crippen molar-refractivity contribution in [2.45, 2.75) is 46.8 Å². The monoisotopic (exact) mass is 1990 g/mol. The molecule has 0 bridgehead atoms. The van der Waals surface area contributed by atoms with Gasteiger partial charge in [0.05, 0.1) is 66.6 Å². The lowest BCUT2D eigenvalue weighted by Gasteiger charge is -2.21. The number of nitrogens with two attached hydrogens (primary N) is 2. The molecule has 57 heteroatoms. The largest absolute Gasteiger partial charge is 0.484 e. The summed E-state index contributed by atoms with van der Waals surface area (Å²) >= 11 is 21.0. The number of amides is 1. The van der Waals surface area contributed by atoms with Crippen LogP contribution in [0.1, 0.15) is 26.5 Å². The van der Waals surface area contributed by atoms with Gasteiger partial charge in [0.1, 0.15) is 89.1 Å². The molecule has 6 aliphatic rings. The van der Waals surface area contributed by atoms with Gasteiger partial charge in [-0.15, -0.1) is 11.8 Å². The standard InChI is InChI=1S/C12H15N3O5.C10H7N3O3.C10H9N3O.C9H8N2O3S.C8H6N2O4.C8H6N2O3S.C4H11NO2.C2HF3O.2CH4.P4S10/c1-18-12(19-2)6-13-11-7-20-10-4-3-8(15(16)17)5-9(10)14-11;14-13(15)7-1-2-9-8(5-7)12-4-3-11-10(12)6-16-9;11-7-1-2-9-8(5-7)13-4-3-12-10(13)6-14-9;1-15-9-5-14-8-3-2-6(11(12)13)4-7(8)10-9;11-8-4-14-7-2-1-5(10(12)13)3-6(7)9-8;11-10(12)5-1-2-7-6(3-5)9-8(14)4-13-7;1-6-4(3-5)7-2;3-2(4,5)1-6;;;5-1-4(2-6)3-8-10-12-14-13-11-9-7/h3-5,12H,6-7H2,1-2H3,(H,13,14);1-5H,6H2;1-5H,6,11H2;2-4H,5H2,1H3;1-3H,4H2,(H,9,11);1-3H,4H2,(H,9,14);4H,3,5H2,1-2H3;1H;2*1H4;. The predicted molar refractivity (Wildman–Crippen MR) is 494 cm³/mol. The number of nitrogens with zero attached hydrogens (tertiary/aromatic N) is 11. The number of halogens is 3. The Morgan fingerprint density at radius 3 is 1.48 bits per heavy atom. The van der Waals surface area contributed by atoms with E-state index in [-0.39, 0.29) is 75.7 Å². The summed E-state index contributed by atoms with van der Waals surface area (Å²) < 4.78 is 86.6. The summed E-state index contributed by atoms with van der Waals surface area (Å²) in [6.45, 7) is 2.45. The molecule has 0 saturated carbocycles. The van der Waals surface area contributed by atoms with Crippen LogP contribution in [0.4, 0.5) is 70.0 Å². The third-order valence-electron chi connectivity index (χ3n) is 14.5. The Bertz CT molecular complexity index is 5380. The molecular weight excluding hydrogens is 1920 g/mol. The van der Waals surface area contributed by atoms with Crippen LogP contribution in [0, 0.1) is 50.6 Å². The van der Waals surface area contributed by atoms with Crippen LogP contribution in [0.5, 0.6) is 34.5 Å². The number of nitro groups is 5. The highest BCUT2D eigenvalue weighted by atomic mass is 33.4. The first-order valence-corrected chi connectivity index (χ1v) is 52.6. The molecule has 1 amide bonds. The average molecular weight is 1990 g/mol. The van der Waals surface area contributed by atoms with Crippen LogP contribution in [0.2, 0.25) is 0 Å². The minimum atomic E-state index is -4.64. The van der Waals surface area contributed by atoms with E-state index in [0.29, 0.717) is 108 Å². The number of alkyl halides is 3. The maximum Gasteiger partial charge on any atom is 0.446 e. The van der Waals surface area contributed by atoms with Gasteiger partial charge < -0.3 is 74.8 Å². The lowest BCUT2D eigenvalue weighted by molar-refractivity contribution is -0.385. The molecule has 0 saturated heterocycles. The summed E-state index contributed by atoms with van der Waals surface area (Å²) in [6.07, 6.45) is 2.60. The van der Waals surface area contributed by atoms with Gasteiger partial charge in [-0.1, -0.05) is 50.7 Å². The number of aldehydes is 1. The number of thioether (sulfide) groups is 1. The minimum absolute atomic E-state index is 0.